The maximum absolute atomic E-state index is 13.4. The third kappa shape index (κ3) is 4.97. The Morgan fingerprint density at radius 2 is 1.68 bits per heavy atom. The van der Waals surface area contributed by atoms with Crippen LogP contribution in [0.2, 0.25) is 0 Å². The molecule has 2 bridgehead atoms. The number of aromatic nitrogens is 4. The summed E-state index contributed by atoms with van der Waals surface area (Å²) in [6, 6.07) is 10.6. The third-order valence-corrected chi connectivity index (χ3v) is 8.08. The Labute approximate surface area is 213 Å². The molecule has 10 heteroatoms. The molecule has 3 aromatic rings. The van der Waals surface area contributed by atoms with Gasteiger partial charge in [0.15, 0.2) is 0 Å². The SMILES string of the molecule is CC(F)(F)c1ccc(Cn2cc(-c3ccc(CNC(=O)C45CCC(C(=O)O)(CC4)CC5)cc3)nn2)nc1. The molecule has 3 aliphatic rings. The van der Waals surface area contributed by atoms with E-state index >= 15 is 0 Å². The van der Waals surface area contributed by atoms with E-state index < -0.39 is 22.7 Å². The van der Waals surface area contributed by atoms with Crippen molar-refractivity contribution in [3.8, 4) is 11.3 Å². The van der Waals surface area contributed by atoms with Crippen LogP contribution in [0.15, 0.2) is 48.8 Å². The Morgan fingerprint density at radius 3 is 2.24 bits per heavy atom. The van der Waals surface area contributed by atoms with Crippen molar-refractivity contribution in [2.75, 3.05) is 0 Å². The average molecular weight is 510 g/mol. The fourth-order valence-electron chi connectivity index (χ4n) is 5.46. The van der Waals surface area contributed by atoms with E-state index in [2.05, 4.69) is 20.6 Å². The van der Waals surface area contributed by atoms with Crippen LogP contribution in [-0.2, 0) is 28.6 Å². The fraction of sp³-hybridized carbons (Fsp3) is 0.444. The molecule has 0 unspecified atom stereocenters. The second-order valence-corrected chi connectivity index (χ2v) is 10.5. The minimum atomic E-state index is -2.93. The van der Waals surface area contributed by atoms with Gasteiger partial charge in [0.05, 0.1) is 23.9 Å². The lowest BCUT2D eigenvalue weighted by molar-refractivity contribution is -0.163. The number of carboxylic acids is 1. The number of rotatable bonds is 8. The topological polar surface area (TPSA) is 110 Å². The molecule has 0 aliphatic heterocycles. The number of hydrogen-bond acceptors (Lipinski definition) is 5. The zero-order valence-corrected chi connectivity index (χ0v) is 20.6. The fourth-order valence-corrected chi connectivity index (χ4v) is 5.46. The van der Waals surface area contributed by atoms with E-state index in [0.717, 1.165) is 18.1 Å². The number of nitrogens with one attached hydrogen (secondary N) is 1. The molecule has 6 rings (SSSR count). The summed E-state index contributed by atoms with van der Waals surface area (Å²) in [7, 11) is 0. The van der Waals surface area contributed by atoms with E-state index in [1.54, 1.807) is 16.9 Å². The minimum Gasteiger partial charge on any atom is -0.481 e. The Balaban J connectivity index is 1.16. The predicted octanol–water partition coefficient (Wildman–Crippen LogP) is 4.54. The summed E-state index contributed by atoms with van der Waals surface area (Å²) >= 11 is 0. The highest BCUT2D eigenvalue weighted by molar-refractivity contribution is 5.84. The molecule has 0 atom stereocenters. The van der Waals surface area contributed by atoms with Gasteiger partial charge in [-0.05, 0) is 56.2 Å². The van der Waals surface area contributed by atoms with E-state index in [1.165, 1.54) is 12.3 Å². The predicted molar refractivity (Wildman–Crippen MR) is 130 cm³/mol. The second-order valence-electron chi connectivity index (χ2n) is 10.5. The van der Waals surface area contributed by atoms with Gasteiger partial charge < -0.3 is 10.4 Å². The van der Waals surface area contributed by atoms with Gasteiger partial charge in [0, 0.05) is 36.2 Å². The van der Waals surface area contributed by atoms with Crippen molar-refractivity contribution in [2.24, 2.45) is 10.8 Å². The Hall–Kier alpha value is -3.69. The minimum absolute atomic E-state index is 0.0162. The van der Waals surface area contributed by atoms with Gasteiger partial charge in [-0.1, -0.05) is 29.5 Å². The Morgan fingerprint density at radius 1 is 1.03 bits per heavy atom. The lowest BCUT2D eigenvalue weighted by atomic mass is 9.53. The molecular formula is C27H29F2N5O3. The Bertz CT molecular complexity index is 1270. The standard InChI is InChI=1S/C27H29F2N5O3/c1-25(28,29)20-6-7-21(30-15-20)16-34-17-22(32-33-34)19-4-2-18(3-5-19)14-31-23(35)26-8-11-27(12-9-26,13-10-26)24(36)37/h2-7,15,17H,8-14,16H2,1H3,(H,31,35)(H,36,37). The van der Waals surface area contributed by atoms with Gasteiger partial charge in [-0.25, -0.2) is 13.5 Å². The number of fused-ring (bicyclic) bond motifs is 3. The van der Waals surface area contributed by atoms with Gasteiger partial charge in [0.1, 0.15) is 5.69 Å². The second kappa shape index (κ2) is 9.32. The van der Waals surface area contributed by atoms with Crippen molar-refractivity contribution in [1.29, 1.82) is 0 Å². The zero-order chi connectivity index (χ0) is 26.3. The Kier molecular flexibility index (Phi) is 6.29. The van der Waals surface area contributed by atoms with E-state index in [9.17, 15) is 23.5 Å². The van der Waals surface area contributed by atoms with Crippen molar-refractivity contribution in [1.82, 2.24) is 25.3 Å². The summed E-state index contributed by atoms with van der Waals surface area (Å²) in [6.07, 6.45) is 6.54. The quantitative estimate of drug-likeness (QED) is 0.461. The number of pyridine rings is 1. The van der Waals surface area contributed by atoms with E-state index in [-0.39, 0.29) is 11.5 Å². The van der Waals surface area contributed by atoms with Crippen LogP contribution in [0, 0.1) is 10.8 Å². The summed E-state index contributed by atoms with van der Waals surface area (Å²) in [5.41, 5.74) is 1.86. The van der Waals surface area contributed by atoms with Crippen LogP contribution in [0.3, 0.4) is 0 Å². The molecule has 3 aliphatic carbocycles. The van der Waals surface area contributed by atoms with Crippen LogP contribution in [0.25, 0.3) is 11.3 Å². The van der Waals surface area contributed by atoms with Crippen LogP contribution in [0.4, 0.5) is 8.78 Å². The zero-order valence-electron chi connectivity index (χ0n) is 20.6. The van der Waals surface area contributed by atoms with Crippen LogP contribution in [0.1, 0.15) is 62.3 Å². The number of nitrogens with zero attached hydrogens (tertiary/aromatic N) is 4. The summed E-state index contributed by atoms with van der Waals surface area (Å²) in [5.74, 6) is -3.64. The molecule has 1 amide bonds. The van der Waals surface area contributed by atoms with Crippen molar-refractivity contribution in [3.05, 3.63) is 65.6 Å². The van der Waals surface area contributed by atoms with Gasteiger partial charge in [-0.15, -0.1) is 5.10 Å². The molecule has 194 valence electrons. The number of carboxylic acid groups (broad SMARTS) is 1. The summed E-state index contributed by atoms with van der Waals surface area (Å²) < 4.78 is 28.3. The number of amides is 1. The first kappa shape index (κ1) is 25.0. The monoisotopic (exact) mass is 509 g/mol. The molecule has 0 saturated heterocycles. The molecule has 3 saturated carbocycles. The number of hydrogen-bond donors (Lipinski definition) is 2. The van der Waals surface area contributed by atoms with Gasteiger partial charge in [-0.2, -0.15) is 0 Å². The molecule has 37 heavy (non-hydrogen) atoms. The molecule has 1 aromatic carbocycles. The van der Waals surface area contributed by atoms with E-state index in [4.69, 9.17) is 0 Å². The smallest absolute Gasteiger partial charge is 0.309 e. The van der Waals surface area contributed by atoms with Crippen LogP contribution in [0.5, 0.6) is 0 Å². The van der Waals surface area contributed by atoms with Crippen molar-refractivity contribution in [2.45, 2.75) is 64.5 Å². The first-order chi connectivity index (χ1) is 17.6. The summed E-state index contributed by atoms with van der Waals surface area (Å²) in [5, 5.41) is 20.9. The lowest BCUT2D eigenvalue weighted by Gasteiger charge is -2.50. The normalized spacial score (nSPS) is 23.1. The van der Waals surface area contributed by atoms with Crippen LogP contribution >= 0.6 is 0 Å². The van der Waals surface area contributed by atoms with Crippen molar-refractivity contribution < 1.29 is 23.5 Å². The highest BCUT2D eigenvalue weighted by atomic mass is 19.3. The molecule has 2 aromatic heterocycles. The first-order valence-electron chi connectivity index (χ1n) is 12.4. The summed E-state index contributed by atoms with van der Waals surface area (Å²) in [4.78, 5) is 28.7. The van der Waals surface area contributed by atoms with Crippen LogP contribution < -0.4 is 5.32 Å². The molecule has 2 heterocycles. The number of carbonyl (C=O) groups excluding carboxylic acids is 1. The number of aliphatic carboxylic acids is 1. The third-order valence-electron chi connectivity index (χ3n) is 8.08. The molecule has 2 N–H and O–H groups in total. The highest BCUT2D eigenvalue weighted by Crippen LogP contribution is 2.57. The largest absolute Gasteiger partial charge is 0.481 e. The van der Waals surface area contributed by atoms with Crippen LogP contribution in [-0.4, -0.2) is 37.0 Å². The molecular weight excluding hydrogens is 480 g/mol. The van der Waals surface area contributed by atoms with Gasteiger partial charge >= 0.3 is 5.97 Å². The maximum Gasteiger partial charge on any atom is 0.309 e. The number of benzene rings is 1. The number of alkyl halides is 2. The average Bonchev–Trinajstić information content (AvgIpc) is 3.37. The molecule has 0 spiro atoms. The highest BCUT2D eigenvalue weighted by Gasteiger charge is 2.55. The lowest BCUT2D eigenvalue weighted by Crippen LogP contribution is -2.52. The van der Waals surface area contributed by atoms with Crippen molar-refractivity contribution in [3.63, 3.8) is 0 Å². The van der Waals surface area contributed by atoms with E-state index in [0.29, 0.717) is 63.0 Å². The molecule has 8 nitrogen and oxygen atoms in total. The number of carbonyl (C=O) groups is 2. The van der Waals surface area contributed by atoms with Gasteiger partial charge in [0.2, 0.25) is 5.91 Å². The van der Waals surface area contributed by atoms with Gasteiger partial charge in [0.25, 0.3) is 5.92 Å². The molecule has 3 fully saturated rings. The maximum atomic E-state index is 13.4. The van der Waals surface area contributed by atoms with Gasteiger partial charge in [-0.3, -0.25) is 14.6 Å². The summed E-state index contributed by atoms with van der Waals surface area (Å²) in [6.45, 7) is 1.54. The molecule has 0 radical (unpaired) electrons. The van der Waals surface area contributed by atoms with Crippen molar-refractivity contribution >= 4 is 11.9 Å². The van der Waals surface area contributed by atoms with E-state index in [1.807, 2.05) is 24.3 Å². The first-order valence-corrected chi connectivity index (χ1v) is 12.4. The number of halogens is 2.